The van der Waals surface area contributed by atoms with Crippen molar-refractivity contribution >= 4 is 34.4 Å². The number of hydrogen-bond donors (Lipinski definition) is 1. The lowest BCUT2D eigenvalue weighted by molar-refractivity contribution is -0.136. The molecule has 0 radical (unpaired) electrons. The molecule has 2 aromatic rings. The van der Waals surface area contributed by atoms with Gasteiger partial charge in [0.15, 0.2) is 0 Å². The number of nitrogens with zero attached hydrogens (tertiary/aromatic N) is 2. The Morgan fingerprint density at radius 2 is 2.23 bits per heavy atom. The highest BCUT2D eigenvalue weighted by atomic mass is 32.2. The van der Waals surface area contributed by atoms with Crippen LogP contribution in [0.2, 0.25) is 0 Å². The second-order valence-corrected chi connectivity index (χ2v) is 7.67. The van der Waals surface area contributed by atoms with Crippen LogP contribution in [0.5, 0.6) is 0 Å². The summed E-state index contributed by atoms with van der Waals surface area (Å²) in [4.78, 5) is 27.3. The highest BCUT2D eigenvalue weighted by Crippen LogP contribution is 2.27. The first kappa shape index (κ1) is 17.1. The van der Waals surface area contributed by atoms with E-state index >= 15 is 0 Å². The molecule has 4 rings (SSSR count). The van der Waals surface area contributed by atoms with Crippen LogP contribution in [0, 0.1) is 17.2 Å². The molecule has 0 saturated carbocycles. The van der Waals surface area contributed by atoms with Gasteiger partial charge in [-0.15, -0.1) is 11.8 Å². The van der Waals surface area contributed by atoms with Crippen LogP contribution in [-0.2, 0) is 16.0 Å². The predicted molar refractivity (Wildman–Crippen MR) is 98.4 cm³/mol. The molecule has 134 valence electrons. The van der Waals surface area contributed by atoms with E-state index in [1.54, 1.807) is 16.7 Å². The summed E-state index contributed by atoms with van der Waals surface area (Å²) in [6.07, 6.45) is 0.814. The minimum atomic E-state index is -0.540. The van der Waals surface area contributed by atoms with Crippen LogP contribution >= 0.6 is 11.8 Å². The fraction of sp³-hybridized carbons (Fsp3) is 0.421. The third kappa shape index (κ3) is 3.11. The fourth-order valence-electron chi connectivity index (χ4n) is 3.68. The standard InChI is InChI=1S/C19H19N3O3S/c20-9-13-10-26-11-22(13)19(24)18-15(5-6-21-18)16(23)8-14-7-12-3-1-2-4-17(12)25-14/h1-4,7,13,15,18,21H,5-6,8,10-11H2/t13-,15?,18-/m1/s1. The van der Waals surface area contributed by atoms with Gasteiger partial charge in [0.1, 0.15) is 23.2 Å². The van der Waals surface area contributed by atoms with Gasteiger partial charge in [-0.1, -0.05) is 18.2 Å². The normalized spacial score (nSPS) is 25.5. The number of Topliss-reactive ketones (excluding diaryl/α,β-unsaturated/α-hetero) is 1. The maximum atomic E-state index is 12.8. The number of carbonyl (C=O) groups excluding carboxylic acids is 2. The Hall–Kier alpha value is -2.30. The zero-order chi connectivity index (χ0) is 18.1. The van der Waals surface area contributed by atoms with Gasteiger partial charge in [-0.3, -0.25) is 9.59 Å². The molecule has 26 heavy (non-hydrogen) atoms. The van der Waals surface area contributed by atoms with Crippen molar-refractivity contribution in [2.24, 2.45) is 5.92 Å². The SMILES string of the molecule is N#C[C@@H]1CSCN1C(=O)[C@@H]1NCCC1C(=O)Cc1cc2ccccc2o1. The number of benzene rings is 1. The van der Waals surface area contributed by atoms with Gasteiger partial charge in [0.25, 0.3) is 0 Å². The number of furan rings is 1. The number of nitrogens with one attached hydrogen (secondary N) is 1. The first-order valence-corrected chi connectivity index (χ1v) is 9.84. The second-order valence-electron chi connectivity index (χ2n) is 6.67. The van der Waals surface area contributed by atoms with Crippen LogP contribution < -0.4 is 5.32 Å². The van der Waals surface area contributed by atoms with Crippen LogP contribution in [0.1, 0.15) is 12.2 Å². The lowest BCUT2D eigenvalue weighted by Gasteiger charge is -2.25. The fourth-order valence-corrected chi connectivity index (χ4v) is 4.77. The van der Waals surface area contributed by atoms with Crippen LogP contribution in [0.3, 0.4) is 0 Å². The number of hydrogen-bond acceptors (Lipinski definition) is 6. The number of amides is 1. The molecule has 2 saturated heterocycles. The van der Waals surface area contributed by atoms with E-state index in [1.165, 1.54) is 0 Å². The second kappa shape index (κ2) is 7.14. The summed E-state index contributed by atoms with van der Waals surface area (Å²) in [5, 5.41) is 13.3. The number of fused-ring (bicyclic) bond motifs is 1. The van der Waals surface area contributed by atoms with Crippen LogP contribution in [-0.4, -0.2) is 46.8 Å². The third-order valence-corrected chi connectivity index (χ3v) is 6.05. The topological polar surface area (TPSA) is 86.3 Å². The molecule has 1 N–H and O–H groups in total. The van der Waals surface area contributed by atoms with E-state index in [1.807, 2.05) is 30.3 Å². The average Bonchev–Trinajstić information content (AvgIpc) is 3.38. The molecule has 6 nitrogen and oxygen atoms in total. The number of ketones is 1. The van der Waals surface area contributed by atoms with Gasteiger partial charge in [-0.25, -0.2) is 0 Å². The van der Waals surface area contributed by atoms with Gasteiger partial charge in [0, 0.05) is 17.1 Å². The van der Waals surface area contributed by atoms with Crippen LogP contribution in [0.15, 0.2) is 34.7 Å². The monoisotopic (exact) mass is 369 g/mol. The molecular formula is C19H19N3O3S. The van der Waals surface area contributed by atoms with Crippen molar-refractivity contribution in [2.45, 2.75) is 24.9 Å². The minimum absolute atomic E-state index is 0.00719. The molecule has 0 aliphatic carbocycles. The molecule has 2 aliphatic rings. The van der Waals surface area contributed by atoms with Crippen LogP contribution in [0.25, 0.3) is 11.0 Å². The van der Waals surface area contributed by atoms with Crippen molar-refractivity contribution in [1.82, 2.24) is 10.2 Å². The first-order valence-electron chi connectivity index (χ1n) is 8.69. The van der Waals surface area contributed by atoms with Crippen molar-refractivity contribution in [1.29, 1.82) is 5.26 Å². The van der Waals surface area contributed by atoms with Crippen molar-refractivity contribution < 1.29 is 14.0 Å². The third-order valence-electron chi connectivity index (χ3n) is 5.04. The van der Waals surface area contributed by atoms with E-state index < -0.39 is 12.1 Å². The molecule has 7 heteroatoms. The molecule has 0 bridgehead atoms. The van der Waals surface area contributed by atoms with Crippen molar-refractivity contribution in [3.63, 3.8) is 0 Å². The molecule has 0 spiro atoms. The Morgan fingerprint density at radius 3 is 3.04 bits per heavy atom. The van der Waals surface area contributed by atoms with E-state index in [0.29, 0.717) is 30.4 Å². The Bertz CT molecular complexity index is 855. The average molecular weight is 369 g/mol. The molecule has 2 fully saturated rings. The smallest absolute Gasteiger partial charge is 0.242 e. The summed E-state index contributed by atoms with van der Waals surface area (Å²) < 4.78 is 5.75. The van der Waals surface area contributed by atoms with Crippen molar-refractivity contribution in [3.8, 4) is 6.07 Å². The van der Waals surface area contributed by atoms with E-state index in [0.717, 1.165) is 11.0 Å². The summed E-state index contributed by atoms with van der Waals surface area (Å²) in [6, 6.07) is 10.8. The molecule has 1 aromatic carbocycles. The summed E-state index contributed by atoms with van der Waals surface area (Å²) >= 11 is 1.57. The molecule has 3 atom stereocenters. The zero-order valence-electron chi connectivity index (χ0n) is 14.2. The molecule has 3 heterocycles. The van der Waals surface area contributed by atoms with Crippen molar-refractivity contribution in [2.75, 3.05) is 18.2 Å². The Morgan fingerprint density at radius 1 is 1.38 bits per heavy atom. The highest BCUT2D eigenvalue weighted by Gasteiger charge is 2.42. The molecule has 1 unspecified atom stereocenters. The minimum Gasteiger partial charge on any atom is -0.461 e. The number of para-hydroxylation sites is 1. The van der Waals surface area contributed by atoms with E-state index in [-0.39, 0.29) is 24.0 Å². The summed E-state index contributed by atoms with van der Waals surface area (Å²) in [6.45, 7) is 0.630. The Kier molecular flexibility index (Phi) is 4.70. The number of thioether (sulfide) groups is 1. The summed E-state index contributed by atoms with van der Waals surface area (Å²) in [5.41, 5.74) is 0.762. The highest BCUT2D eigenvalue weighted by molar-refractivity contribution is 7.99. The maximum Gasteiger partial charge on any atom is 0.242 e. The van der Waals surface area contributed by atoms with Gasteiger partial charge >= 0.3 is 0 Å². The van der Waals surface area contributed by atoms with Gasteiger partial charge in [-0.2, -0.15) is 5.26 Å². The van der Waals surface area contributed by atoms with Gasteiger partial charge in [0.2, 0.25) is 5.91 Å². The molecular weight excluding hydrogens is 350 g/mol. The summed E-state index contributed by atoms with van der Waals surface area (Å²) in [5.74, 6) is 1.27. The Labute approximate surface area is 155 Å². The van der Waals surface area contributed by atoms with Gasteiger partial charge in [-0.05, 0) is 25.1 Å². The molecule has 1 amide bonds. The number of rotatable bonds is 4. The number of carbonyl (C=O) groups is 2. The lowest BCUT2D eigenvalue weighted by Crippen LogP contribution is -2.49. The molecule has 1 aromatic heterocycles. The zero-order valence-corrected chi connectivity index (χ0v) is 15.0. The van der Waals surface area contributed by atoms with E-state index in [2.05, 4.69) is 11.4 Å². The Balaban J connectivity index is 1.48. The first-order chi connectivity index (χ1) is 12.7. The largest absolute Gasteiger partial charge is 0.461 e. The van der Waals surface area contributed by atoms with Gasteiger partial charge in [0.05, 0.1) is 24.4 Å². The lowest BCUT2D eigenvalue weighted by atomic mass is 9.92. The van der Waals surface area contributed by atoms with E-state index in [4.69, 9.17) is 4.42 Å². The number of nitriles is 1. The van der Waals surface area contributed by atoms with Gasteiger partial charge < -0.3 is 14.6 Å². The maximum absolute atomic E-state index is 12.8. The summed E-state index contributed by atoms with van der Waals surface area (Å²) in [7, 11) is 0. The molecule has 2 aliphatic heterocycles. The predicted octanol–water partition coefficient (Wildman–Crippen LogP) is 1.95. The quantitative estimate of drug-likeness (QED) is 0.886. The van der Waals surface area contributed by atoms with Crippen molar-refractivity contribution in [3.05, 3.63) is 36.1 Å². The van der Waals surface area contributed by atoms with Crippen LogP contribution in [0.4, 0.5) is 0 Å². The van der Waals surface area contributed by atoms with E-state index in [9.17, 15) is 14.9 Å².